The maximum Gasteiger partial charge on any atom is 0.178 e. The van der Waals surface area contributed by atoms with Gasteiger partial charge in [-0.3, -0.25) is 0 Å². The predicted octanol–water partition coefficient (Wildman–Crippen LogP) is 3.62. The molecule has 1 aromatic rings. The van der Waals surface area contributed by atoms with Crippen LogP contribution in [0.5, 0.6) is 0 Å². The van der Waals surface area contributed by atoms with Gasteiger partial charge in [-0.2, -0.15) is 0 Å². The zero-order valence-electron chi connectivity index (χ0n) is 12.0. The molecule has 0 bridgehead atoms. The van der Waals surface area contributed by atoms with Gasteiger partial charge in [0.05, 0.1) is 10.6 Å². The first-order valence-corrected chi connectivity index (χ1v) is 9.72. The molecule has 0 N–H and O–H groups in total. The second-order valence-electron chi connectivity index (χ2n) is 5.38. The minimum Gasteiger partial charge on any atom is -0.370 e. The van der Waals surface area contributed by atoms with Gasteiger partial charge in [-0.05, 0) is 37.1 Å². The molecule has 112 valence electrons. The van der Waals surface area contributed by atoms with Gasteiger partial charge in [0.1, 0.15) is 0 Å². The molecular formula is C15H22BrNO2S. The second kappa shape index (κ2) is 6.48. The molecule has 2 unspecified atom stereocenters. The molecule has 1 aliphatic carbocycles. The number of rotatable bonds is 4. The SMILES string of the molecule is CCS(=O)(=O)c1ccc(N(C)C2CCCCC2Br)cc1. The van der Waals surface area contributed by atoms with Gasteiger partial charge < -0.3 is 4.90 Å². The number of halogens is 1. The Morgan fingerprint density at radius 3 is 2.35 bits per heavy atom. The van der Waals surface area contributed by atoms with Crippen molar-refractivity contribution >= 4 is 31.5 Å². The number of hydrogen-bond donors (Lipinski definition) is 0. The van der Waals surface area contributed by atoms with Crippen LogP contribution >= 0.6 is 15.9 Å². The number of sulfone groups is 1. The van der Waals surface area contributed by atoms with Crippen molar-refractivity contribution in [2.75, 3.05) is 17.7 Å². The van der Waals surface area contributed by atoms with E-state index in [2.05, 4.69) is 27.9 Å². The molecule has 1 aliphatic rings. The lowest BCUT2D eigenvalue weighted by Crippen LogP contribution is -2.40. The smallest absolute Gasteiger partial charge is 0.178 e. The molecule has 1 aromatic carbocycles. The highest BCUT2D eigenvalue weighted by Crippen LogP contribution is 2.31. The Balaban J connectivity index is 2.17. The molecule has 5 heteroatoms. The summed E-state index contributed by atoms with van der Waals surface area (Å²) in [7, 11) is -1.01. The average molecular weight is 360 g/mol. The van der Waals surface area contributed by atoms with Crippen molar-refractivity contribution in [3.8, 4) is 0 Å². The van der Waals surface area contributed by atoms with Gasteiger partial charge in [-0.25, -0.2) is 8.42 Å². The van der Waals surface area contributed by atoms with Crippen molar-refractivity contribution in [1.82, 2.24) is 0 Å². The van der Waals surface area contributed by atoms with Crippen LogP contribution in [0.15, 0.2) is 29.2 Å². The lowest BCUT2D eigenvalue weighted by Gasteiger charge is -2.36. The Kier molecular flexibility index (Phi) is 5.13. The van der Waals surface area contributed by atoms with Crippen molar-refractivity contribution in [2.45, 2.75) is 48.4 Å². The predicted molar refractivity (Wildman–Crippen MR) is 87.5 cm³/mol. The Morgan fingerprint density at radius 1 is 1.20 bits per heavy atom. The summed E-state index contributed by atoms with van der Waals surface area (Å²) < 4.78 is 23.6. The van der Waals surface area contributed by atoms with Gasteiger partial charge in [-0.1, -0.05) is 35.7 Å². The normalized spacial score (nSPS) is 23.6. The molecule has 0 amide bonds. The average Bonchev–Trinajstić information content (AvgIpc) is 2.47. The van der Waals surface area contributed by atoms with Gasteiger partial charge in [0, 0.05) is 23.6 Å². The molecule has 1 fully saturated rings. The maximum atomic E-state index is 11.8. The van der Waals surface area contributed by atoms with E-state index in [0.29, 0.717) is 15.8 Å². The van der Waals surface area contributed by atoms with Crippen LogP contribution in [-0.2, 0) is 9.84 Å². The van der Waals surface area contributed by atoms with Crippen LogP contribution in [0.25, 0.3) is 0 Å². The molecule has 0 aliphatic heterocycles. The number of anilines is 1. The first-order chi connectivity index (χ1) is 9.45. The molecule has 3 nitrogen and oxygen atoms in total. The Bertz CT molecular complexity index is 541. The second-order valence-corrected chi connectivity index (χ2v) is 8.83. The van der Waals surface area contributed by atoms with Crippen molar-refractivity contribution in [3.05, 3.63) is 24.3 Å². The molecular weight excluding hydrogens is 338 g/mol. The fourth-order valence-electron chi connectivity index (χ4n) is 2.75. The molecule has 0 spiro atoms. The summed E-state index contributed by atoms with van der Waals surface area (Å²) >= 11 is 3.77. The number of nitrogens with zero attached hydrogens (tertiary/aromatic N) is 1. The maximum absolute atomic E-state index is 11.8. The number of hydrogen-bond acceptors (Lipinski definition) is 3. The Hall–Kier alpha value is -0.550. The van der Waals surface area contributed by atoms with Crippen LogP contribution in [0, 0.1) is 0 Å². The summed E-state index contributed by atoms with van der Waals surface area (Å²) in [4.78, 5) is 3.19. The third-order valence-electron chi connectivity index (χ3n) is 4.13. The quantitative estimate of drug-likeness (QED) is 0.770. The van der Waals surface area contributed by atoms with Gasteiger partial charge in [0.15, 0.2) is 9.84 Å². The van der Waals surface area contributed by atoms with E-state index in [9.17, 15) is 8.42 Å². The van der Waals surface area contributed by atoms with E-state index in [1.807, 2.05) is 12.1 Å². The van der Waals surface area contributed by atoms with Crippen LogP contribution in [0.3, 0.4) is 0 Å². The minimum absolute atomic E-state index is 0.147. The lowest BCUT2D eigenvalue weighted by molar-refractivity contribution is 0.444. The molecule has 0 radical (unpaired) electrons. The summed E-state index contributed by atoms with van der Waals surface area (Å²) in [5, 5.41) is 0. The number of benzene rings is 1. The summed E-state index contributed by atoms with van der Waals surface area (Å²) in [6.45, 7) is 1.67. The van der Waals surface area contributed by atoms with Crippen LogP contribution in [0.1, 0.15) is 32.6 Å². The fourth-order valence-corrected chi connectivity index (χ4v) is 4.58. The molecule has 1 saturated carbocycles. The van der Waals surface area contributed by atoms with Crippen molar-refractivity contribution in [1.29, 1.82) is 0 Å². The van der Waals surface area contributed by atoms with Crippen molar-refractivity contribution in [3.63, 3.8) is 0 Å². The summed E-state index contributed by atoms with van der Waals surface area (Å²) in [5.41, 5.74) is 1.08. The third kappa shape index (κ3) is 3.37. The van der Waals surface area contributed by atoms with E-state index in [1.54, 1.807) is 19.1 Å². The van der Waals surface area contributed by atoms with Crippen LogP contribution in [-0.4, -0.2) is 32.1 Å². The molecule has 2 atom stereocenters. The van der Waals surface area contributed by atoms with Crippen LogP contribution in [0.4, 0.5) is 5.69 Å². The van der Waals surface area contributed by atoms with Crippen molar-refractivity contribution in [2.24, 2.45) is 0 Å². The highest BCUT2D eigenvalue weighted by Gasteiger charge is 2.26. The summed E-state index contributed by atoms with van der Waals surface area (Å²) in [6, 6.07) is 7.75. The van der Waals surface area contributed by atoms with Crippen LogP contribution in [0.2, 0.25) is 0 Å². The monoisotopic (exact) mass is 359 g/mol. The lowest BCUT2D eigenvalue weighted by atomic mass is 9.94. The van der Waals surface area contributed by atoms with E-state index in [1.165, 1.54) is 25.7 Å². The van der Waals surface area contributed by atoms with Crippen molar-refractivity contribution < 1.29 is 8.42 Å². The van der Waals surface area contributed by atoms with E-state index < -0.39 is 9.84 Å². The zero-order chi connectivity index (χ0) is 14.8. The highest BCUT2D eigenvalue weighted by molar-refractivity contribution is 9.09. The van der Waals surface area contributed by atoms with Gasteiger partial charge in [0.2, 0.25) is 0 Å². The molecule has 0 heterocycles. The fraction of sp³-hybridized carbons (Fsp3) is 0.600. The van der Waals surface area contributed by atoms with Gasteiger partial charge in [-0.15, -0.1) is 0 Å². The first-order valence-electron chi connectivity index (χ1n) is 7.15. The first kappa shape index (κ1) is 15.8. The molecule has 2 rings (SSSR count). The third-order valence-corrected chi connectivity index (χ3v) is 6.95. The van der Waals surface area contributed by atoms with E-state index in [4.69, 9.17) is 0 Å². The molecule has 0 aromatic heterocycles. The summed E-state index contributed by atoms with van der Waals surface area (Å²) in [5.74, 6) is 0.147. The van der Waals surface area contributed by atoms with Gasteiger partial charge in [0.25, 0.3) is 0 Å². The molecule has 20 heavy (non-hydrogen) atoms. The van der Waals surface area contributed by atoms with E-state index >= 15 is 0 Å². The topological polar surface area (TPSA) is 37.4 Å². The largest absolute Gasteiger partial charge is 0.370 e. The number of alkyl halides is 1. The highest BCUT2D eigenvalue weighted by atomic mass is 79.9. The van der Waals surface area contributed by atoms with E-state index in [-0.39, 0.29) is 5.75 Å². The standard InChI is InChI=1S/C15H22BrNO2S/c1-3-20(18,19)13-10-8-12(9-11-13)17(2)15-7-5-4-6-14(15)16/h8-11,14-15H,3-7H2,1-2H3. The Labute approximate surface area is 130 Å². The van der Waals surface area contributed by atoms with E-state index in [0.717, 1.165) is 5.69 Å². The molecule has 0 saturated heterocycles. The van der Waals surface area contributed by atoms with Gasteiger partial charge >= 0.3 is 0 Å². The Morgan fingerprint density at radius 2 is 1.80 bits per heavy atom. The minimum atomic E-state index is -3.10. The zero-order valence-corrected chi connectivity index (χ0v) is 14.5. The van der Waals surface area contributed by atoms with Crippen LogP contribution < -0.4 is 4.90 Å². The summed E-state index contributed by atoms with van der Waals surface area (Å²) in [6.07, 6.45) is 4.94.